The van der Waals surface area contributed by atoms with Crippen molar-refractivity contribution in [1.29, 1.82) is 0 Å². The molecule has 0 spiro atoms. The van der Waals surface area contributed by atoms with Crippen molar-refractivity contribution < 1.29 is 14.7 Å². The monoisotopic (exact) mass is 382 g/mol. The Kier molecular flexibility index (Phi) is 16.5. The van der Waals surface area contributed by atoms with E-state index in [1.807, 2.05) is 0 Å². The molecule has 2 unspecified atom stereocenters. The molecule has 0 aliphatic heterocycles. The van der Waals surface area contributed by atoms with Gasteiger partial charge in [0.05, 0.1) is 0 Å². The van der Waals surface area contributed by atoms with E-state index in [1.54, 1.807) is 6.92 Å². The first-order valence-corrected chi connectivity index (χ1v) is 10.6. The van der Waals surface area contributed by atoms with Crippen LogP contribution in [0.3, 0.4) is 0 Å². The smallest absolute Gasteiger partial charge is 0.326 e. The molecule has 0 aromatic heterocycles. The fraction of sp³-hybridized carbons (Fsp3) is 0.900. The number of rotatable bonds is 18. The molecule has 0 radical (unpaired) electrons. The number of hydrogen-bond acceptors (Lipinski definition) is 3. The molecule has 7 heteroatoms. The van der Waals surface area contributed by atoms with Crippen LogP contribution < -0.4 is 5.32 Å². The van der Waals surface area contributed by atoms with Crippen molar-refractivity contribution in [1.82, 2.24) is 5.32 Å². The summed E-state index contributed by atoms with van der Waals surface area (Å²) >= 11 is 0. The van der Waals surface area contributed by atoms with E-state index in [1.165, 1.54) is 51.4 Å². The number of carboxylic acid groups (broad SMARTS) is 1. The quantitative estimate of drug-likeness (QED) is 0.136. The zero-order valence-corrected chi connectivity index (χ0v) is 17.2. The second-order valence-electron chi connectivity index (χ2n) is 7.23. The number of carbonyl (C=O) groups excluding carboxylic acids is 1. The van der Waals surface area contributed by atoms with Crippen LogP contribution in [0, 0.1) is 0 Å². The average molecular weight is 383 g/mol. The Bertz CT molecular complexity index is 451. The number of unbranched alkanes of at least 4 members (excludes halogenated alkanes) is 9. The fourth-order valence-electron chi connectivity index (χ4n) is 3.10. The topological polar surface area (TPSA) is 115 Å². The Morgan fingerprint density at radius 1 is 0.963 bits per heavy atom. The average Bonchev–Trinajstić information content (AvgIpc) is 2.65. The van der Waals surface area contributed by atoms with Crippen molar-refractivity contribution in [2.24, 2.45) is 5.11 Å². The Balaban J connectivity index is 3.86. The van der Waals surface area contributed by atoms with Gasteiger partial charge in [-0.2, -0.15) is 0 Å². The molecule has 1 amide bonds. The van der Waals surface area contributed by atoms with Crippen LogP contribution in [-0.2, 0) is 9.59 Å². The summed E-state index contributed by atoms with van der Waals surface area (Å²) < 4.78 is 0. The van der Waals surface area contributed by atoms with Crippen molar-refractivity contribution in [3.05, 3.63) is 10.4 Å². The van der Waals surface area contributed by atoms with Gasteiger partial charge in [-0.05, 0) is 24.8 Å². The molecule has 2 atom stereocenters. The third kappa shape index (κ3) is 15.0. The van der Waals surface area contributed by atoms with E-state index in [-0.39, 0.29) is 18.4 Å². The van der Waals surface area contributed by atoms with Crippen molar-refractivity contribution in [3.63, 3.8) is 0 Å². The number of aliphatic carboxylic acids is 1. The van der Waals surface area contributed by atoms with Crippen molar-refractivity contribution in [3.8, 4) is 0 Å². The van der Waals surface area contributed by atoms with E-state index in [0.717, 1.165) is 19.3 Å². The molecule has 0 aliphatic carbocycles. The van der Waals surface area contributed by atoms with Gasteiger partial charge in [0, 0.05) is 17.4 Å². The molecule has 0 saturated carbocycles. The molecular formula is C20H38N4O3. The second kappa shape index (κ2) is 17.7. The lowest BCUT2D eigenvalue weighted by Gasteiger charge is -2.14. The van der Waals surface area contributed by atoms with Gasteiger partial charge in [-0.3, -0.25) is 4.79 Å². The molecule has 0 aromatic carbocycles. The van der Waals surface area contributed by atoms with E-state index in [4.69, 9.17) is 10.6 Å². The highest BCUT2D eigenvalue weighted by Gasteiger charge is 2.18. The molecule has 0 saturated heterocycles. The van der Waals surface area contributed by atoms with E-state index in [2.05, 4.69) is 22.3 Å². The molecule has 27 heavy (non-hydrogen) atoms. The van der Waals surface area contributed by atoms with Gasteiger partial charge >= 0.3 is 5.97 Å². The number of hydrogen-bond donors (Lipinski definition) is 2. The zero-order chi connectivity index (χ0) is 20.3. The highest BCUT2D eigenvalue weighted by Crippen LogP contribution is 2.15. The third-order valence-corrected chi connectivity index (χ3v) is 4.85. The number of azide groups is 1. The highest BCUT2D eigenvalue weighted by atomic mass is 16.4. The largest absolute Gasteiger partial charge is 0.480 e. The Labute approximate surface area is 163 Å². The van der Waals surface area contributed by atoms with Crippen LogP contribution in [0.15, 0.2) is 5.11 Å². The summed E-state index contributed by atoms with van der Waals surface area (Å²) in [6.07, 6.45) is 14.3. The molecular weight excluding hydrogens is 344 g/mol. The molecule has 2 N–H and O–H groups in total. The van der Waals surface area contributed by atoms with Crippen LogP contribution in [0.5, 0.6) is 0 Å². The van der Waals surface area contributed by atoms with Gasteiger partial charge in [-0.15, -0.1) is 0 Å². The second-order valence-corrected chi connectivity index (χ2v) is 7.23. The minimum Gasteiger partial charge on any atom is -0.480 e. The maximum Gasteiger partial charge on any atom is 0.326 e. The first kappa shape index (κ1) is 25.2. The first-order valence-electron chi connectivity index (χ1n) is 10.6. The Morgan fingerprint density at radius 3 is 2.00 bits per heavy atom. The summed E-state index contributed by atoms with van der Waals surface area (Å²) in [6, 6.07) is -1.04. The number of nitrogens with one attached hydrogen (secondary N) is 1. The standard InChI is InChI=1S/C20H38N4O3/c1-3-5-6-7-8-9-10-11-12-13-14-17(23-24-21)15-16-19(25)22-18(4-2)20(26)27/h17-18H,3-16H2,1-2H3,(H,22,25)(H,26,27). The Morgan fingerprint density at radius 2 is 1.52 bits per heavy atom. The lowest BCUT2D eigenvalue weighted by atomic mass is 10.0. The van der Waals surface area contributed by atoms with Gasteiger partial charge in [-0.1, -0.05) is 83.2 Å². The van der Waals surface area contributed by atoms with Crippen LogP contribution in [0.4, 0.5) is 0 Å². The van der Waals surface area contributed by atoms with E-state index in [0.29, 0.717) is 12.8 Å². The zero-order valence-electron chi connectivity index (χ0n) is 17.2. The maximum absolute atomic E-state index is 11.9. The normalized spacial score (nSPS) is 12.8. The SMILES string of the molecule is CCCCCCCCCCCCC(CCC(=O)NC(CC)C(=O)O)N=[N+]=[N-]. The summed E-state index contributed by atoms with van der Waals surface area (Å²) in [5, 5.41) is 15.3. The molecule has 0 aromatic rings. The molecule has 7 nitrogen and oxygen atoms in total. The van der Waals surface area contributed by atoms with Crippen molar-refractivity contribution >= 4 is 11.9 Å². The molecule has 156 valence electrons. The molecule has 0 heterocycles. The fourth-order valence-corrected chi connectivity index (χ4v) is 3.10. The molecule has 0 bridgehead atoms. The van der Waals surface area contributed by atoms with Crippen molar-refractivity contribution in [2.45, 2.75) is 116 Å². The first-order chi connectivity index (χ1) is 13.0. The Hall–Kier alpha value is -1.75. The lowest BCUT2D eigenvalue weighted by molar-refractivity contribution is -0.141. The molecule has 0 rings (SSSR count). The van der Waals surface area contributed by atoms with Gasteiger partial charge < -0.3 is 10.4 Å². The summed E-state index contributed by atoms with van der Waals surface area (Å²) in [6.45, 7) is 3.95. The number of nitrogens with zero attached hydrogens (tertiary/aromatic N) is 3. The van der Waals surface area contributed by atoms with Gasteiger partial charge in [0.25, 0.3) is 0 Å². The van der Waals surface area contributed by atoms with E-state index >= 15 is 0 Å². The number of carbonyl (C=O) groups is 2. The molecule has 0 fully saturated rings. The van der Waals surface area contributed by atoms with Gasteiger partial charge in [0.15, 0.2) is 0 Å². The summed E-state index contributed by atoms with van der Waals surface area (Å²) in [7, 11) is 0. The van der Waals surface area contributed by atoms with Crippen LogP contribution in [0.2, 0.25) is 0 Å². The lowest BCUT2D eigenvalue weighted by Crippen LogP contribution is -2.40. The summed E-state index contributed by atoms with van der Waals surface area (Å²) in [5.41, 5.74) is 8.70. The van der Waals surface area contributed by atoms with Crippen LogP contribution >= 0.6 is 0 Å². The minimum absolute atomic E-state index is 0.186. The highest BCUT2D eigenvalue weighted by molar-refractivity contribution is 5.83. The predicted octanol–water partition coefficient (Wildman–Crippen LogP) is 5.74. The summed E-state index contributed by atoms with van der Waals surface area (Å²) in [4.78, 5) is 25.7. The van der Waals surface area contributed by atoms with Gasteiger partial charge in [-0.25, -0.2) is 4.79 Å². The van der Waals surface area contributed by atoms with Crippen molar-refractivity contribution in [2.75, 3.05) is 0 Å². The van der Waals surface area contributed by atoms with Crippen LogP contribution in [0.1, 0.15) is 104 Å². The number of amides is 1. The summed E-state index contributed by atoms with van der Waals surface area (Å²) in [5.74, 6) is -1.33. The van der Waals surface area contributed by atoms with Gasteiger partial charge in [0.1, 0.15) is 6.04 Å². The van der Waals surface area contributed by atoms with Crippen LogP contribution in [0.25, 0.3) is 10.4 Å². The predicted molar refractivity (Wildman–Crippen MR) is 108 cm³/mol. The van der Waals surface area contributed by atoms with Gasteiger partial charge in [0.2, 0.25) is 5.91 Å². The molecule has 0 aliphatic rings. The number of carboxylic acids is 1. The third-order valence-electron chi connectivity index (χ3n) is 4.85. The van der Waals surface area contributed by atoms with Crippen LogP contribution in [-0.4, -0.2) is 29.1 Å². The van der Waals surface area contributed by atoms with E-state index in [9.17, 15) is 9.59 Å². The maximum atomic E-state index is 11.9. The van der Waals surface area contributed by atoms with E-state index < -0.39 is 12.0 Å². The minimum atomic E-state index is -1.03.